The molecule has 0 aliphatic carbocycles. The van der Waals surface area contributed by atoms with Crippen LogP contribution >= 0.6 is 0 Å². The highest BCUT2D eigenvalue weighted by Crippen LogP contribution is 2.33. The van der Waals surface area contributed by atoms with Gasteiger partial charge in [-0.15, -0.1) is 0 Å². The van der Waals surface area contributed by atoms with Crippen molar-refractivity contribution in [3.8, 4) is 5.75 Å². The molecule has 0 saturated heterocycles. The van der Waals surface area contributed by atoms with E-state index in [0.29, 0.717) is 18.0 Å². The maximum atomic E-state index is 10.8. The molecule has 0 saturated carbocycles. The van der Waals surface area contributed by atoms with Gasteiger partial charge in [0.25, 0.3) is 0 Å². The Morgan fingerprint density at radius 1 is 1.67 bits per heavy atom. The SMILES string of the molecule is CN1CC(C(=O)O)Oc2cc(N)ccc21. The van der Waals surface area contributed by atoms with Crippen molar-refractivity contribution < 1.29 is 14.6 Å². The average Bonchev–Trinajstić information content (AvgIpc) is 2.16. The summed E-state index contributed by atoms with van der Waals surface area (Å²) in [5, 5.41) is 8.87. The van der Waals surface area contributed by atoms with Gasteiger partial charge in [-0.2, -0.15) is 0 Å². The molecule has 1 atom stereocenters. The van der Waals surface area contributed by atoms with E-state index in [0.717, 1.165) is 5.69 Å². The Morgan fingerprint density at radius 2 is 2.40 bits per heavy atom. The topological polar surface area (TPSA) is 75.8 Å². The number of ether oxygens (including phenoxy) is 1. The van der Waals surface area contributed by atoms with E-state index in [1.54, 1.807) is 12.1 Å². The van der Waals surface area contributed by atoms with E-state index in [2.05, 4.69) is 0 Å². The number of carbonyl (C=O) groups is 1. The molecule has 1 aromatic rings. The monoisotopic (exact) mass is 208 g/mol. The first-order valence-corrected chi connectivity index (χ1v) is 4.58. The van der Waals surface area contributed by atoms with Crippen LogP contribution in [-0.4, -0.2) is 30.8 Å². The maximum Gasteiger partial charge on any atom is 0.346 e. The van der Waals surface area contributed by atoms with E-state index in [-0.39, 0.29) is 0 Å². The molecular formula is C10H12N2O3. The van der Waals surface area contributed by atoms with Crippen molar-refractivity contribution in [1.29, 1.82) is 0 Å². The van der Waals surface area contributed by atoms with Crippen molar-refractivity contribution in [1.82, 2.24) is 0 Å². The summed E-state index contributed by atoms with van der Waals surface area (Å²) in [6.45, 7) is 0.340. The highest BCUT2D eigenvalue weighted by Gasteiger charge is 2.28. The number of aliphatic carboxylic acids is 1. The van der Waals surface area contributed by atoms with Crippen molar-refractivity contribution in [3.05, 3.63) is 18.2 Å². The minimum Gasteiger partial charge on any atom is -0.478 e. The fourth-order valence-electron chi connectivity index (χ4n) is 1.61. The molecule has 0 aromatic heterocycles. The van der Waals surface area contributed by atoms with E-state index in [1.807, 2.05) is 18.0 Å². The van der Waals surface area contributed by atoms with Gasteiger partial charge in [0, 0.05) is 18.8 Å². The lowest BCUT2D eigenvalue weighted by Gasteiger charge is -2.31. The molecule has 3 N–H and O–H groups in total. The van der Waals surface area contributed by atoms with Crippen LogP contribution in [0.5, 0.6) is 5.75 Å². The first-order valence-electron chi connectivity index (χ1n) is 4.58. The minimum atomic E-state index is -0.963. The number of anilines is 2. The van der Waals surface area contributed by atoms with Gasteiger partial charge in [-0.05, 0) is 12.1 Å². The predicted molar refractivity (Wildman–Crippen MR) is 56.2 cm³/mol. The Morgan fingerprint density at radius 3 is 3.07 bits per heavy atom. The highest BCUT2D eigenvalue weighted by molar-refractivity contribution is 5.76. The zero-order chi connectivity index (χ0) is 11.0. The van der Waals surface area contributed by atoms with Crippen molar-refractivity contribution in [2.45, 2.75) is 6.10 Å². The Bertz CT molecular complexity index is 406. The van der Waals surface area contributed by atoms with Crippen molar-refractivity contribution in [2.75, 3.05) is 24.2 Å². The molecule has 0 amide bonds. The van der Waals surface area contributed by atoms with Crippen molar-refractivity contribution in [3.63, 3.8) is 0 Å². The number of nitrogen functional groups attached to an aromatic ring is 1. The fraction of sp³-hybridized carbons (Fsp3) is 0.300. The van der Waals surface area contributed by atoms with Gasteiger partial charge in [0.2, 0.25) is 6.10 Å². The second-order valence-corrected chi connectivity index (χ2v) is 3.55. The molecule has 0 bridgehead atoms. The third-order valence-corrected chi connectivity index (χ3v) is 2.38. The number of carboxylic acids is 1. The Labute approximate surface area is 87.1 Å². The number of hydrogen-bond acceptors (Lipinski definition) is 4. The molecule has 1 heterocycles. The smallest absolute Gasteiger partial charge is 0.346 e. The molecule has 2 rings (SSSR count). The summed E-state index contributed by atoms with van der Waals surface area (Å²) in [4.78, 5) is 12.7. The second kappa shape index (κ2) is 3.34. The minimum absolute atomic E-state index is 0.340. The van der Waals surface area contributed by atoms with Gasteiger partial charge in [-0.3, -0.25) is 0 Å². The Kier molecular flexibility index (Phi) is 2.15. The fourth-order valence-corrected chi connectivity index (χ4v) is 1.61. The predicted octanol–water partition coefficient (Wildman–Crippen LogP) is 0.551. The molecule has 1 unspecified atom stereocenters. The first kappa shape index (κ1) is 9.64. The van der Waals surface area contributed by atoms with Crippen molar-refractivity contribution in [2.24, 2.45) is 0 Å². The normalized spacial score (nSPS) is 19.3. The molecule has 0 radical (unpaired) electrons. The highest BCUT2D eigenvalue weighted by atomic mass is 16.5. The number of nitrogens with two attached hydrogens (primary N) is 1. The molecule has 5 nitrogen and oxygen atoms in total. The third kappa shape index (κ3) is 1.68. The van der Waals surface area contributed by atoms with Gasteiger partial charge in [0.05, 0.1) is 12.2 Å². The zero-order valence-corrected chi connectivity index (χ0v) is 8.30. The summed E-state index contributed by atoms with van der Waals surface area (Å²) in [6, 6.07) is 5.23. The standard InChI is InChI=1S/C10H12N2O3/c1-12-5-9(10(13)14)15-8-4-6(11)2-3-7(8)12/h2-4,9H,5,11H2,1H3,(H,13,14). The van der Waals surface area contributed by atoms with Crippen LogP contribution in [0.3, 0.4) is 0 Å². The summed E-state index contributed by atoms with van der Waals surface area (Å²) in [6.07, 6.45) is -0.829. The summed E-state index contributed by atoms with van der Waals surface area (Å²) in [7, 11) is 1.83. The molecule has 80 valence electrons. The molecule has 1 aliphatic rings. The van der Waals surface area contributed by atoms with Crippen LogP contribution in [0.15, 0.2) is 18.2 Å². The van der Waals surface area contributed by atoms with Gasteiger partial charge in [-0.25, -0.2) is 4.79 Å². The lowest BCUT2D eigenvalue weighted by Crippen LogP contribution is -2.42. The van der Waals surface area contributed by atoms with Gasteiger partial charge < -0.3 is 20.5 Å². The van der Waals surface area contributed by atoms with Crippen LogP contribution < -0.4 is 15.4 Å². The number of nitrogens with zero attached hydrogens (tertiary/aromatic N) is 1. The summed E-state index contributed by atoms with van der Waals surface area (Å²) < 4.78 is 5.32. The second-order valence-electron chi connectivity index (χ2n) is 3.55. The Balaban J connectivity index is 2.37. The van der Waals surface area contributed by atoms with Crippen LogP contribution in [0.4, 0.5) is 11.4 Å². The summed E-state index contributed by atoms with van der Waals surface area (Å²) in [5.74, 6) is -0.439. The lowest BCUT2D eigenvalue weighted by molar-refractivity contribution is -0.144. The van der Waals surface area contributed by atoms with E-state index in [9.17, 15) is 4.79 Å². The van der Waals surface area contributed by atoms with Gasteiger partial charge in [0.15, 0.2) is 0 Å². The molecule has 1 aromatic carbocycles. The average molecular weight is 208 g/mol. The van der Waals surface area contributed by atoms with Crippen LogP contribution in [0.25, 0.3) is 0 Å². The largest absolute Gasteiger partial charge is 0.478 e. The van der Waals surface area contributed by atoms with E-state index in [4.69, 9.17) is 15.6 Å². The summed E-state index contributed by atoms with van der Waals surface area (Å²) >= 11 is 0. The number of carboxylic acid groups (broad SMARTS) is 1. The van der Waals surface area contributed by atoms with Crippen LogP contribution in [0.1, 0.15) is 0 Å². The quantitative estimate of drug-likeness (QED) is 0.659. The van der Waals surface area contributed by atoms with E-state index >= 15 is 0 Å². The number of fused-ring (bicyclic) bond motifs is 1. The molecule has 0 spiro atoms. The first-order chi connectivity index (χ1) is 7.08. The zero-order valence-electron chi connectivity index (χ0n) is 8.30. The molecule has 15 heavy (non-hydrogen) atoms. The van der Waals surface area contributed by atoms with E-state index in [1.165, 1.54) is 0 Å². The van der Waals surface area contributed by atoms with Gasteiger partial charge in [-0.1, -0.05) is 0 Å². The van der Waals surface area contributed by atoms with Gasteiger partial charge in [0.1, 0.15) is 5.75 Å². The molecule has 5 heteroatoms. The number of benzene rings is 1. The third-order valence-electron chi connectivity index (χ3n) is 2.38. The molecular weight excluding hydrogens is 196 g/mol. The molecule has 1 aliphatic heterocycles. The number of rotatable bonds is 1. The van der Waals surface area contributed by atoms with Crippen LogP contribution in [0.2, 0.25) is 0 Å². The van der Waals surface area contributed by atoms with E-state index < -0.39 is 12.1 Å². The number of hydrogen-bond donors (Lipinski definition) is 2. The van der Waals surface area contributed by atoms with Crippen LogP contribution in [-0.2, 0) is 4.79 Å². The van der Waals surface area contributed by atoms with Crippen molar-refractivity contribution >= 4 is 17.3 Å². The summed E-state index contributed by atoms with van der Waals surface area (Å²) in [5.41, 5.74) is 7.03. The van der Waals surface area contributed by atoms with Crippen LogP contribution in [0, 0.1) is 0 Å². The van der Waals surface area contributed by atoms with Gasteiger partial charge >= 0.3 is 5.97 Å². The lowest BCUT2D eigenvalue weighted by atomic mass is 10.2. The Hall–Kier alpha value is -1.91. The molecule has 0 fully saturated rings. The maximum absolute atomic E-state index is 10.8. The number of likely N-dealkylation sites (N-methyl/N-ethyl adjacent to an activating group) is 1.